The average Bonchev–Trinajstić information content (AvgIpc) is 2.03. The summed E-state index contributed by atoms with van der Waals surface area (Å²) in [5.41, 5.74) is 0.287. The maximum absolute atomic E-state index is 12.6. The molecule has 12 heavy (non-hydrogen) atoms. The van der Waals surface area contributed by atoms with Gasteiger partial charge >= 0.3 is 0 Å². The van der Waals surface area contributed by atoms with E-state index in [0.717, 1.165) is 0 Å². The predicted molar refractivity (Wildman–Crippen MR) is 51.4 cm³/mol. The lowest BCUT2D eigenvalue weighted by atomic mass is 10.3. The lowest BCUT2D eigenvalue weighted by Crippen LogP contribution is -2.22. The molecule has 0 saturated heterocycles. The summed E-state index contributed by atoms with van der Waals surface area (Å²) in [7, 11) is 0. The van der Waals surface area contributed by atoms with Crippen LogP contribution in [0.15, 0.2) is 50.0 Å². The first kappa shape index (κ1) is 10.7. The zero-order chi connectivity index (χ0) is 9.56. The monoisotopic (exact) mass is 167 g/mol. The Bertz CT molecular complexity index is 196. The molecule has 0 aliphatic carbocycles. The van der Waals surface area contributed by atoms with E-state index in [-0.39, 0.29) is 5.70 Å². The molecule has 0 heterocycles. The number of hydrogen-bond acceptors (Lipinski definition) is 1. The number of hydrogen-bond donors (Lipinski definition) is 0. The van der Waals surface area contributed by atoms with Crippen molar-refractivity contribution in [1.29, 1.82) is 0 Å². The molecule has 0 bridgehead atoms. The second-order valence-corrected chi connectivity index (χ2v) is 2.33. The summed E-state index contributed by atoms with van der Waals surface area (Å²) >= 11 is 0. The molecule has 66 valence electrons. The van der Waals surface area contributed by atoms with Gasteiger partial charge in [0.15, 0.2) is 0 Å². The summed E-state index contributed by atoms with van der Waals surface area (Å²) in [6.07, 6.45) is 3.36. The quantitative estimate of drug-likeness (QED) is 0.434. The summed E-state index contributed by atoms with van der Waals surface area (Å²) in [4.78, 5) is 1.70. The molecule has 1 nitrogen and oxygen atoms in total. The molecular weight excluding hydrogens is 153 g/mol. The highest BCUT2D eigenvalue weighted by Crippen LogP contribution is 2.11. The van der Waals surface area contributed by atoms with E-state index in [1.165, 1.54) is 0 Å². The Hall–Kier alpha value is -1.31. The van der Waals surface area contributed by atoms with E-state index in [1.54, 1.807) is 17.1 Å². The zero-order valence-electron chi connectivity index (χ0n) is 7.22. The van der Waals surface area contributed by atoms with Crippen LogP contribution < -0.4 is 0 Å². The van der Waals surface area contributed by atoms with E-state index in [2.05, 4.69) is 26.3 Å². The minimum atomic E-state index is -0.515. The third kappa shape index (κ3) is 3.19. The van der Waals surface area contributed by atoms with Gasteiger partial charge < -0.3 is 4.90 Å². The Morgan fingerprint density at radius 1 is 1.17 bits per heavy atom. The Balaban J connectivity index is 4.26. The van der Waals surface area contributed by atoms with Crippen LogP contribution in [0, 0.1) is 0 Å². The van der Waals surface area contributed by atoms with E-state index in [9.17, 15) is 4.39 Å². The van der Waals surface area contributed by atoms with Crippen molar-refractivity contribution in [2.24, 2.45) is 0 Å². The number of nitrogens with zero attached hydrogens (tertiary/aromatic N) is 1. The lowest BCUT2D eigenvalue weighted by Gasteiger charge is -2.22. The van der Waals surface area contributed by atoms with Crippen molar-refractivity contribution in [3.8, 4) is 0 Å². The van der Waals surface area contributed by atoms with Gasteiger partial charge in [-0.15, -0.1) is 13.2 Å². The Morgan fingerprint density at radius 2 is 1.58 bits per heavy atom. The molecule has 2 heteroatoms. The van der Waals surface area contributed by atoms with Crippen LogP contribution in [0.3, 0.4) is 0 Å². The lowest BCUT2D eigenvalue weighted by molar-refractivity contribution is 0.407. The van der Waals surface area contributed by atoms with Gasteiger partial charge in [0.2, 0.25) is 0 Å². The average molecular weight is 167 g/mol. The maximum Gasteiger partial charge on any atom is 0.138 e. The zero-order valence-corrected chi connectivity index (χ0v) is 7.22. The summed E-state index contributed by atoms with van der Waals surface area (Å²) in [6.45, 7) is 14.9. The van der Waals surface area contributed by atoms with E-state index < -0.39 is 5.83 Å². The first-order chi connectivity index (χ1) is 5.63. The van der Waals surface area contributed by atoms with Crippen LogP contribution in [-0.4, -0.2) is 18.0 Å². The van der Waals surface area contributed by atoms with Crippen LogP contribution >= 0.6 is 0 Å². The largest absolute Gasteiger partial charge is 0.362 e. The van der Waals surface area contributed by atoms with Crippen molar-refractivity contribution in [3.05, 3.63) is 50.0 Å². The third-order valence-electron chi connectivity index (χ3n) is 1.39. The van der Waals surface area contributed by atoms with Crippen LogP contribution in [-0.2, 0) is 0 Å². The minimum absolute atomic E-state index is 0.287. The highest BCUT2D eigenvalue weighted by atomic mass is 19.1. The summed E-state index contributed by atoms with van der Waals surface area (Å²) in [5.74, 6) is -0.515. The molecule has 0 unspecified atom stereocenters. The molecule has 0 spiro atoms. The summed E-state index contributed by atoms with van der Waals surface area (Å²) < 4.78 is 12.6. The molecule has 0 amide bonds. The molecule has 0 aliphatic heterocycles. The second-order valence-electron chi connectivity index (χ2n) is 2.33. The fraction of sp³-hybridized carbons (Fsp3) is 0.200. The normalized spacial score (nSPS) is 8.75. The molecular formula is C10H14FN. The SMILES string of the molecule is C=CCN(CC=C)C(=C)C(=C)F. The Morgan fingerprint density at radius 3 is 1.83 bits per heavy atom. The molecule has 0 aromatic carbocycles. The first-order valence-corrected chi connectivity index (χ1v) is 3.64. The Kier molecular flexibility index (Phi) is 4.77. The van der Waals surface area contributed by atoms with Crippen LogP contribution in [0.25, 0.3) is 0 Å². The number of allylic oxidation sites excluding steroid dienone is 1. The van der Waals surface area contributed by atoms with Crippen LogP contribution in [0.4, 0.5) is 4.39 Å². The molecule has 0 aromatic rings. The fourth-order valence-electron chi connectivity index (χ4n) is 0.778. The molecule has 0 radical (unpaired) electrons. The first-order valence-electron chi connectivity index (χ1n) is 3.64. The van der Waals surface area contributed by atoms with Gasteiger partial charge in [-0.25, -0.2) is 4.39 Å². The van der Waals surface area contributed by atoms with Gasteiger partial charge in [0.05, 0.1) is 5.70 Å². The molecule has 0 saturated carbocycles. The molecule has 0 N–H and O–H groups in total. The van der Waals surface area contributed by atoms with Gasteiger partial charge in [0.1, 0.15) is 5.83 Å². The van der Waals surface area contributed by atoms with Gasteiger partial charge in [-0.3, -0.25) is 0 Å². The third-order valence-corrected chi connectivity index (χ3v) is 1.39. The van der Waals surface area contributed by atoms with Crippen molar-refractivity contribution >= 4 is 0 Å². The van der Waals surface area contributed by atoms with E-state index in [0.29, 0.717) is 13.1 Å². The summed E-state index contributed by atoms with van der Waals surface area (Å²) in [5, 5.41) is 0. The number of rotatable bonds is 6. The van der Waals surface area contributed by atoms with Crippen molar-refractivity contribution < 1.29 is 4.39 Å². The smallest absolute Gasteiger partial charge is 0.138 e. The van der Waals surface area contributed by atoms with Gasteiger partial charge in [0, 0.05) is 13.1 Å². The standard InChI is InChI=1S/C10H14FN/c1-5-7-12(8-6-2)10(4)9(3)11/h5-6H,1-4,7-8H2. The van der Waals surface area contributed by atoms with Crippen LogP contribution in [0.1, 0.15) is 0 Å². The minimum Gasteiger partial charge on any atom is -0.362 e. The van der Waals surface area contributed by atoms with Crippen molar-refractivity contribution in [1.82, 2.24) is 4.90 Å². The van der Waals surface area contributed by atoms with Crippen molar-refractivity contribution in [3.63, 3.8) is 0 Å². The molecule has 0 aromatic heterocycles. The van der Waals surface area contributed by atoms with Crippen LogP contribution in [0.5, 0.6) is 0 Å². The maximum atomic E-state index is 12.6. The fourth-order valence-corrected chi connectivity index (χ4v) is 0.778. The van der Waals surface area contributed by atoms with Crippen molar-refractivity contribution in [2.45, 2.75) is 0 Å². The topological polar surface area (TPSA) is 3.24 Å². The van der Waals surface area contributed by atoms with E-state index in [4.69, 9.17) is 0 Å². The molecule has 0 fully saturated rings. The van der Waals surface area contributed by atoms with Crippen LogP contribution in [0.2, 0.25) is 0 Å². The number of halogens is 1. The van der Waals surface area contributed by atoms with Gasteiger partial charge in [-0.05, 0) is 0 Å². The van der Waals surface area contributed by atoms with Crippen molar-refractivity contribution in [2.75, 3.05) is 13.1 Å². The molecule has 0 aliphatic rings. The predicted octanol–water partition coefficient (Wildman–Crippen LogP) is 2.66. The van der Waals surface area contributed by atoms with Gasteiger partial charge in [-0.1, -0.05) is 25.3 Å². The van der Waals surface area contributed by atoms with E-state index in [1.807, 2.05) is 0 Å². The molecule has 0 atom stereocenters. The van der Waals surface area contributed by atoms with Gasteiger partial charge in [0.25, 0.3) is 0 Å². The van der Waals surface area contributed by atoms with E-state index >= 15 is 0 Å². The summed E-state index contributed by atoms with van der Waals surface area (Å²) in [6, 6.07) is 0. The van der Waals surface area contributed by atoms with Gasteiger partial charge in [-0.2, -0.15) is 0 Å². The highest BCUT2D eigenvalue weighted by Gasteiger charge is 2.06. The highest BCUT2D eigenvalue weighted by molar-refractivity contribution is 5.18. The molecule has 0 rings (SSSR count). The Labute approximate surface area is 73.2 Å². The second kappa shape index (κ2) is 5.35.